The number of carbonyl (C=O) groups is 2. The first kappa shape index (κ1) is 31.9. The lowest BCUT2D eigenvalue weighted by Gasteiger charge is -2.39. The Labute approximate surface area is 265 Å². The van der Waals surface area contributed by atoms with E-state index in [1.165, 1.54) is 24.1 Å². The molecule has 3 heterocycles. The van der Waals surface area contributed by atoms with E-state index in [-0.39, 0.29) is 17.9 Å². The van der Waals surface area contributed by atoms with Gasteiger partial charge in [-0.25, -0.2) is 0 Å². The summed E-state index contributed by atoms with van der Waals surface area (Å²) in [5, 5.41) is 10.9. The molecule has 0 spiro atoms. The molecule has 2 saturated heterocycles. The van der Waals surface area contributed by atoms with Gasteiger partial charge in [0.2, 0.25) is 11.8 Å². The number of carbonyl (C=O) groups excluding carboxylic acids is 2. The fourth-order valence-corrected chi connectivity index (χ4v) is 6.29. The Bertz CT molecular complexity index is 1360. The van der Waals surface area contributed by atoms with Gasteiger partial charge < -0.3 is 31.5 Å². The van der Waals surface area contributed by atoms with Gasteiger partial charge >= 0.3 is 0 Å². The number of benzene rings is 2. The molecule has 0 bridgehead atoms. The number of para-hydroxylation sites is 1. The fourth-order valence-electron chi connectivity index (χ4n) is 6.17. The summed E-state index contributed by atoms with van der Waals surface area (Å²) in [5.74, 6) is -0.460. The molecule has 5 rings (SSSR count). The van der Waals surface area contributed by atoms with Crippen LogP contribution in [0.4, 0.5) is 5.69 Å². The summed E-state index contributed by atoms with van der Waals surface area (Å²) in [6.45, 7) is 6.87. The largest absolute Gasteiger partial charge is 0.368 e. The highest BCUT2D eigenvalue weighted by Crippen LogP contribution is 2.28. The number of piperazine rings is 1. The third kappa shape index (κ3) is 8.57. The molecule has 3 unspecified atom stereocenters. The van der Waals surface area contributed by atoms with Gasteiger partial charge in [-0.15, -0.1) is 0 Å². The van der Waals surface area contributed by atoms with Gasteiger partial charge in [0, 0.05) is 74.3 Å². The number of anilines is 1. The standard InChI is InChI=1S/C34H44ClN7O2/c1-24(39-28-7-5-15-38-23-28)29-8-2-3-9-32(29)41-16-18-42(19-17-41)34(44)31(21-25-10-12-27(35)13-11-25)40-33(43)30(36)20-26-6-4-14-37-22-26/h2-4,6,8-14,22,24,28,30-31,38-39H,5,7,15-21,23,36H2,1H3,(H,40,43)/t24?,28?,30?,31-/m1/s1. The number of nitrogens with zero attached hydrogens (tertiary/aromatic N) is 3. The second-order valence-electron chi connectivity index (χ2n) is 11.9. The zero-order valence-electron chi connectivity index (χ0n) is 25.4. The SMILES string of the molecule is CC(NC1CCCNC1)c1ccccc1N1CCN(C(=O)[C@@H](Cc2ccc(Cl)cc2)NC(=O)C(N)Cc2cccnc2)CC1. The van der Waals surface area contributed by atoms with Gasteiger partial charge in [-0.05, 0) is 73.7 Å². The molecule has 4 atom stereocenters. The second-order valence-corrected chi connectivity index (χ2v) is 12.3. The summed E-state index contributed by atoms with van der Waals surface area (Å²) in [6, 6.07) is 18.8. The number of pyridine rings is 1. The average molecular weight is 618 g/mol. The molecule has 0 radical (unpaired) electrons. The normalized spacial score (nSPS) is 19.2. The molecule has 44 heavy (non-hydrogen) atoms. The van der Waals surface area contributed by atoms with Gasteiger partial charge in [-0.1, -0.05) is 48.0 Å². The van der Waals surface area contributed by atoms with Gasteiger partial charge in [0.15, 0.2) is 0 Å². The topological polar surface area (TPSA) is 116 Å². The summed E-state index contributed by atoms with van der Waals surface area (Å²) in [5.41, 5.74) is 10.5. The number of aromatic nitrogens is 1. The van der Waals surface area contributed by atoms with Crippen LogP contribution in [0.2, 0.25) is 5.02 Å². The summed E-state index contributed by atoms with van der Waals surface area (Å²) < 4.78 is 0. The first-order valence-electron chi connectivity index (χ1n) is 15.7. The van der Waals surface area contributed by atoms with Crippen molar-refractivity contribution in [2.75, 3.05) is 44.2 Å². The van der Waals surface area contributed by atoms with Crippen molar-refractivity contribution in [3.8, 4) is 0 Å². The second kappa shape index (κ2) is 15.5. The van der Waals surface area contributed by atoms with Crippen LogP contribution in [0.5, 0.6) is 0 Å². The summed E-state index contributed by atoms with van der Waals surface area (Å²) >= 11 is 6.10. The Balaban J connectivity index is 1.24. The molecule has 2 fully saturated rings. The molecule has 2 aliphatic rings. The molecule has 5 N–H and O–H groups in total. The van der Waals surface area contributed by atoms with Gasteiger partial charge in [0.25, 0.3) is 0 Å². The number of amides is 2. The van der Waals surface area contributed by atoms with Crippen LogP contribution in [0.15, 0.2) is 73.1 Å². The van der Waals surface area contributed by atoms with Crippen molar-refractivity contribution >= 4 is 29.1 Å². The number of rotatable bonds is 11. The van der Waals surface area contributed by atoms with E-state index in [2.05, 4.69) is 57.0 Å². The Morgan fingerprint density at radius 1 is 1.02 bits per heavy atom. The maximum absolute atomic E-state index is 13.9. The first-order valence-corrected chi connectivity index (χ1v) is 16.0. The molecular formula is C34H44ClN7O2. The Hall–Kier alpha value is -3.50. The lowest BCUT2D eigenvalue weighted by atomic mass is 10.0. The van der Waals surface area contributed by atoms with Gasteiger partial charge in [0.1, 0.15) is 6.04 Å². The van der Waals surface area contributed by atoms with Crippen LogP contribution in [0.3, 0.4) is 0 Å². The van der Waals surface area contributed by atoms with E-state index in [9.17, 15) is 9.59 Å². The monoisotopic (exact) mass is 617 g/mol. The predicted molar refractivity (Wildman–Crippen MR) is 176 cm³/mol. The minimum atomic E-state index is -0.798. The van der Waals surface area contributed by atoms with Crippen LogP contribution in [0.1, 0.15) is 42.5 Å². The number of nitrogens with two attached hydrogens (primary N) is 1. The number of hydrogen-bond donors (Lipinski definition) is 4. The molecule has 0 saturated carbocycles. The fraction of sp³-hybridized carbons (Fsp3) is 0.441. The molecular weight excluding hydrogens is 574 g/mol. The molecule has 234 valence electrons. The molecule has 10 heteroatoms. The highest BCUT2D eigenvalue weighted by atomic mass is 35.5. The quantitative estimate of drug-likeness (QED) is 0.261. The molecule has 1 aromatic heterocycles. The average Bonchev–Trinajstić information content (AvgIpc) is 3.06. The van der Waals surface area contributed by atoms with Crippen molar-refractivity contribution < 1.29 is 9.59 Å². The Morgan fingerprint density at radius 2 is 1.80 bits per heavy atom. The molecule has 3 aromatic rings. The number of piperidine rings is 1. The van der Waals surface area contributed by atoms with E-state index in [0.717, 1.165) is 24.2 Å². The Kier molecular flexibility index (Phi) is 11.2. The minimum absolute atomic E-state index is 0.102. The highest BCUT2D eigenvalue weighted by molar-refractivity contribution is 6.30. The molecule has 0 aliphatic carbocycles. The van der Waals surface area contributed by atoms with Crippen molar-refractivity contribution in [3.05, 3.63) is 94.8 Å². The minimum Gasteiger partial charge on any atom is -0.368 e. The van der Waals surface area contributed by atoms with Crippen molar-refractivity contribution in [3.63, 3.8) is 0 Å². The van der Waals surface area contributed by atoms with E-state index in [0.29, 0.717) is 50.1 Å². The number of nitrogens with one attached hydrogen (secondary N) is 3. The molecule has 9 nitrogen and oxygen atoms in total. The van der Waals surface area contributed by atoms with E-state index in [4.69, 9.17) is 17.3 Å². The van der Waals surface area contributed by atoms with Crippen LogP contribution in [0, 0.1) is 0 Å². The van der Waals surface area contributed by atoms with Gasteiger partial charge in [-0.2, -0.15) is 0 Å². The maximum atomic E-state index is 13.9. The Morgan fingerprint density at radius 3 is 2.50 bits per heavy atom. The smallest absolute Gasteiger partial charge is 0.245 e. The zero-order valence-corrected chi connectivity index (χ0v) is 26.2. The molecule has 2 aromatic carbocycles. The summed E-state index contributed by atoms with van der Waals surface area (Å²) in [4.78, 5) is 35.5. The molecule has 2 amide bonds. The molecule has 2 aliphatic heterocycles. The maximum Gasteiger partial charge on any atom is 0.245 e. The van der Waals surface area contributed by atoms with E-state index < -0.39 is 12.1 Å². The van der Waals surface area contributed by atoms with Crippen LogP contribution in [0.25, 0.3) is 0 Å². The lowest BCUT2D eigenvalue weighted by molar-refractivity contribution is -0.137. The van der Waals surface area contributed by atoms with Gasteiger partial charge in [-0.3, -0.25) is 14.6 Å². The highest BCUT2D eigenvalue weighted by Gasteiger charge is 2.31. The van der Waals surface area contributed by atoms with E-state index in [1.807, 2.05) is 29.2 Å². The number of halogens is 1. The summed E-state index contributed by atoms with van der Waals surface area (Å²) in [6.07, 6.45) is 6.44. The van der Waals surface area contributed by atoms with E-state index in [1.54, 1.807) is 24.5 Å². The number of hydrogen-bond acceptors (Lipinski definition) is 7. The van der Waals surface area contributed by atoms with Crippen LogP contribution < -0.4 is 26.6 Å². The van der Waals surface area contributed by atoms with Crippen molar-refractivity contribution in [1.29, 1.82) is 0 Å². The van der Waals surface area contributed by atoms with Crippen molar-refractivity contribution in [2.24, 2.45) is 5.73 Å². The van der Waals surface area contributed by atoms with Crippen molar-refractivity contribution in [1.82, 2.24) is 25.8 Å². The third-order valence-electron chi connectivity index (χ3n) is 8.60. The van der Waals surface area contributed by atoms with Gasteiger partial charge in [0.05, 0.1) is 6.04 Å². The summed E-state index contributed by atoms with van der Waals surface area (Å²) in [7, 11) is 0. The lowest BCUT2D eigenvalue weighted by Crippen LogP contribution is -2.57. The van der Waals surface area contributed by atoms with E-state index >= 15 is 0 Å². The zero-order chi connectivity index (χ0) is 30.9. The predicted octanol–water partition coefficient (Wildman–Crippen LogP) is 3.08. The van der Waals surface area contributed by atoms with Crippen molar-refractivity contribution in [2.45, 2.75) is 56.8 Å². The van der Waals surface area contributed by atoms with Crippen LogP contribution in [-0.2, 0) is 22.4 Å². The first-order chi connectivity index (χ1) is 21.4. The van der Waals surface area contributed by atoms with Crippen LogP contribution >= 0.6 is 11.6 Å². The third-order valence-corrected chi connectivity index (χ3v) is 8.85. The van der Waals surface area contributed by atoms with Crippen LogP contribution in [-0.4, -0.2) is 79.1 Å².